The van der Waals surface area contributed by atoms with Gasteiger partial charge in [0.15, 0.2) is 0 Å². The molecule has 1 rings (SSSR count). The highest BCUT2D eigenvalue weighted by Gasteiger charge is 2.30. The highest BCUT2D eigenvalue weighted by Crippen LogP contribution is 2.17. The van der Waals surface area contributed by atoms with Crippen molar-refractivity contribution < 1.29 is 19.1 Å². The number of piperidine rings is 1. The fraction of sp³-hybridized carbons (Fsp3) is 0.769. The lowest BCUT2D eigenvalue weighted by Gasteiger charge is -2.32. The number of nitrogens with two attached hydrogens (primary N) is 1. The predicted octanol–water partition coefficient (Wildman–Crippen LogP) is 0.0909. The molecule has 0 radical (unpaired) electrons. The molecule has 7 heteroatoms. The van der Waals surface area contributed by atoms with Gasteiger partial charge < -0.3 is 20.7 Å². The van der Waals surface area contributed by atoms with Crippen LogP contribution in [-0.4, -0.2) is 49.0 Å². The summed E-state index contributed by atoms with van der Waals surface area (Å²) in [6.45, 7) is 4.60. The molecule has 3 amide bonds. The third-order valence-electron chi connectivity index (χ3n) is 3.59. The first-order valence-corrected chi connectivity index (χ1v) is 6.79. The van der Waals surface area contributed by atoms with Crippen molar-refractivity contribution in [2.24, 2.45) is 17.6 Å². The Morgan fingerprint density at radius 1 is 1.25 bits per heavy atom. The predicted molar refractivity (Wildman–Crippen MR) is 72.7 cm³/mol. The molecule has 0 aromatic rings. The topological polar surface area (TPSA) is 102 Å². The Labute approximate surface area is 118 Å². The van der Waals surface area contributed by atoms with Crippen molar-refractivity contribution in [1.82, 2.24) is 10.2 Å². The minimum atomic E-state index is -0.665. The van der Waals surface area contributed by atoms with Gasteiger partial charge in [0.05, 0.1) is 7.11 Å². The summed E-state index contributed by atoms with van der Waals surface area (Å²) in [5.41, 5.74) is 5.25. The van der Waals surface area contributed by atoms with Crippen LogP contribution in [-0.2, 0) is 14.3 Å². The molecule has 1 heterocycles. The lowest BCUT2D eigenvalue weighted by molar-refractivity contribution is -0.144. The Bertz CT molecular complexity index is 376. The van der Waals surface area contributed by atoms with E-state index in [2.05, 4.69) is 10.1 Å². The lowest BCUT2D eigenvalue weighted by Crippen LogP contribution is -2.52. The van der Waals surface area contributed by atoms with Gasteiger partial charge >= 0.3 is 12.0 Å². The second kappa shape index (κ2) is 7.12. The van der Waals surface area contributed by atoms with E-state index in [0.717, 1.165) is 0 Å². The number of nitrogens with one attached hydrogen (secondary N) is 1. The van der Waals surface area contributed by atoms with Gasteiger partial charge in [-0.1, -0.05) is 13.8 Å². The van der Waals surface area contributed by atoms with Gasteiger partial charge in [-0.25, -0.2) is 9.59 Å². The Hall–Kier alpha value is -1.79. The van der Waals surface area contributed by atoms with Gasteiger partial charge in [0.2, 0.25) is 5.91 Å². The summed E-state index contributed by atoms with van der Waals surface area (Å²) in [6, 6.07) is -0.974. The molecule has 0 bridgehead atoms. The molecule has 1 aliphatic rings. The zero-order chi connectivity index (χ0) is 15.3. The average molecular weight is 285 g/mol. The van der Waals surface area contributed by atoms with Crippen LogP contribution < -0.4 is 11.1 Å². The van der Waals surface area contributed by atoms with Crippen molar-refractivity contribution in [2.45, 2.75) is 32.7 Å². The third kappa shape index (κ3) is 4.11. The number of carbonyl (C=O) groups excluding carboxylic acids is 3. The van der Waals surface area contributed by atoms with Gasteiger partial charge in [-0.3, -0.25) is 4.79 Å². The number of urea groups is 1. The first kappa shape index (κ1) is 16.3. The van der Waals surface area contributed by atoms with Crippen LogP contribution in [0.2, 0.25) is 0 Å². The maximum Gasteiger partial charge on any atom is 0.328 e. The molecule has 7 nitrogen and oxygen atoms in total. The van der Waals surface area contributed by atoms with Gasteiger partial charge in [-0.2, -0.15) is 0 Å². The number of esters is 1. The van der Waals surface area contributed by atoms with E-state index in [0.29, 0.717) is 25.9 Å². The Morgan fingerprint density at radius 3 is 2.20 bits per heavy atom. The smallest absolute Gasteiger partial charge is 0.328 e. The molecule has 1 atom stereocenters. The summed E-state index contributed by atoms with van der Waals surface area (Å²) >= 11 is 0. The number of likely N-dealkylation sites (tertiary alicyclic amines) is 1. The SMILES string of the molecule is COC(=O)[C@@H](NC(=O)N1CCC(C(N)=O)CC1)C(C)C. The molecule has 1 fully saturated rings. The molecule has 1 aliphatic heterocycles. The molecule has 0 unspecified atom stereocenters. The van der Waals surface area contributed by atoms with E-state index in [-0.39, 0.29) is 23.8 Å². The molecule has 114 valence electrons. The van der Waals surface area contributed by atoms with E-state index in [9.17, 15) is 14.4 Å². The normalized spacial score (nSPS) is 17.7. The van der Waals surface area contributed by atoms with E-state index in [1.165, 1.54) is 7.11 Å². The minimum Gasteiger partial charge on any atom is -0.467 e. The molecular formula is C13H23N3O4. The lowest BCUT2D eigenvalue weighted by atomic mass is 9.96. The summed E-state index contributed by atoms with van der Waals surface area (Å²) in [4.78, 5) is 36.4. The third-order valence-corrected chi connectivity index (χ3v) is 3.59. The summed E-state index contributed by atoms with van der Waals surface area (Å²) in [5.74, 6) is -1.00. The van der Waals surface area contributed by atoms with Crippen molar-refractivity contribution in [2.75, 3.05) is 20.2 Å². The number of hydrogen-bond donors (Lipinski definition) is 2. The molecule has 0 saturated carbocycles. The van der Waals surface area contributed by atoms with Gasteiger partial charge in [0.25, 0.3) is 0 Å². The molecule has 0 aromatic carbocycles. The fourth-order valence-electron chi connectivity index (χ4n) is 2.22. The first-order valence-electron chi connectivity index (χ1n) is 6.79. The maximum absolute atomic E-state index is 12.1. The highest BCUT2D eigenvalue weighted by atomic mass is 16.5. The number of nitrogens with zero attached hydrogens (tertiary/aromatic N) is 1. The largest absolute Gasteiger partial charge is 0.467 e. The van der Waals surface area contributed by atoms with Crippen molar-refractivity contribution in [3.05, 3.63) is 0 Å². The van der Waals surface area contributed by atoms with Crippen LogP contribution >= 0.6 is 0 Å². The van der Waals surface area contributed by atoms with Crippen LogP contribution in [0.1, 0.15) is 26.7 Å². The number of ether oxygens (including phenoxy) is 1. The number of rotatable bonds is 4. The van der Waals surface area contributed by atoms with E-state index < -0.39 is 12.0 Å². The second-order valence-electron chi connectivity index (χ2n) is 5.36. The van der Waals surface area contributed by atoms with Crippen LogP contribution in [0.15, 0.2) is 0 Å². The van der Waals surface area contributed by atoms with E-state index in [1.54, 1.807) is 4.90 Å². The first-order chi connectivity index (χ1) is 9.36. The Morgan fingerprint density at radius 2 is 1.80 bits per heavy atom. The zero-order valence-electron chi connectivity index (χ0n) is 12.2. The summed E-state index contributed by atoms with van der Waals surface area (Å²) < 4.78 is 4.68. The summed E-state index contributed by atoms with van der Waals surface area (Å²) in [7, 11) is 1.29. The van der Waals surface area contributed by atoms with Gasteiger partial charge in [0.1, 0.15) is 6.04 Å². The van der Waals surface area contributed by atoms with Crippen LogP contribution in [0.4, 0.5) is 4.79 Å². The fourth-order valence-corrected chi connectivity index (χ4v) is 2.22. The number of carbonyl (C=O) groups is 3. The maximum atomic E-state index is 12.1. The molecule has 0 aliphatic carbocycles. The van der Waals surface area contributed by atoms with E-state index in [4.69, 9.17) is 5.73 Å². The zero-order valence-corrected chi connectivity index (χ0v) is 12.2. The summed E-state index contributed by atoms with van der Waals surface area (Å²) in [6.07, 6.45) is 1.13. The molecule has 0 aromatic heterocycles. The minimum absolute atomic E-state index is 0.0606. The number of primary amides is 1. The standard InChI is InChI=1S/C13H23N3O4/c1-8(2)10(12(18)20-3)15-13(19)16-6-4-9(5-7-16)11(14)17/h8-10H,4-7H2,1-3H3,(H2,14,17)(H,15,19)/t10-/m0/s1. The molecule has 20 heavy (non-hydrogen) atoms. The molecule has 1 saturated heterocycles. The van der Waals surface area contributed by atoms with Crippen LogP contribution in [0.3, 0.4) is 0 Å². The number of methoxy groups -OCH3 is 1. The van der Waals surface area contributed by atoms with Crippen LogP contribution in [0.5, 0.6) is 0 Å². The summed E-state index contributed by atoms with van der Waals surface area (Å²) in [5, 5.41) is 2.68. The molecule has 3 N–H and O–H groups in total. The molecular weight excluding hydrogens is 262 g/mol. The average Bonchev–Trinajstić information content (AvgIpc) is 2.43. The second-order valence-corrected chi connectivity index (χ2v) is 5.36. The van der Waals surface area contributed by atoms with Gasteiger partial charge in [0, 0.05) is 19.0 Å². The quantitative estimate of drug-likeness (QED) is 0.715. The van der Waals surface area contributed by atoms with Crippen LogP contribution in [0, 0.1) is 11.8 Å². The molecule has 0 spiro atoms. The number of hydrogen-bond acceptors (Lipinski definition) is 4. The Kier molecular flexibility index (Phi) is 5.79. The van der Waals surface area contributed by atoms with E-state index in [1.807, 2.05) is 13.8 Å². The van der Waals surface area contributed by atoms with Gasteiger partial charge in [-0.15, -0.1) is 0 Å². The van der Waals surface area contributed by atoms with Crippen LogP contribution in [0.25, 0.3) is 0 Å². The Balaban J connectivity index is 2.54. The van der Waals surface area contributed by atoms with Crippen molar-refractivity contribution in [3.63, 3.8) is 0 Å². The monoisotopic (exact) mass is 285 g/mol. The van der Waals surface area contributed by atoms with E-state index >= 15 is 0 Å². The van der Waals surface area contributed by atoms with Crippen molar-refractivity contribution >= 4 is 17.9 Å². The highest BCUT2D eigenvalue weighted by molar-refractivity contribution is 5.84. The van der Waals surface area contributed by atoms with Crippen molar-refractivity contribution in [3.8, 4) is 0 Å². The van der Waals surface area contributed by atoms with Gasteiger partial charge in [-0.05, 0) is 18.8 Å². The van der Waals surface area contributed by atoms with Crippen molar-refractivity contribution in [1.29, 1.82) is 0 Å². The number of amides is 3.